The molecule has 0 aliphatic carbocycles. The van der Waals surface area contributed by atoms with Gasteiger partial charge in [0.15, 0.2) is 0 Å². The van der Waals surface area contributed by atoms with E-state index in [1.54, 1.807) is 46.9 Å². The number of fused-ring (bicyclic) bond motifs is 2. The summed E-state index contributed by atoms with van der Waals surface area (Å²) >= 11 is 3.31. The van der Waals surface area contributed by atoms with Gasteiger partial charge in [-0.25, -0.2) is 0 Å². The summed E-state index contributed by atoms with van der Waals surface area (Å²) in [5.74, 6) is -0.0992. The van der Waals surface area contributed by atoms with E-state index in [1.165, 1.54) is 4.88 Å². The molecule has 0 spiro atoms. The molecule has 0 radical (unpaired) electrons. The van der Waals surface area contributed by atoms with Crippen LogP contribution in [-0.4, -0.2) is 16.4 Å². The van der Waals surface area contributed by atoms with E-state index < -0.39 is 0 Å². The number of aromatic nitrogens is 1. The van der Waals surface area contributed by atoms with Crippen LogP contribution in [0.3, 0.4) is 0 Å². The second-order valence-corrected chi connectivity index (χ2v) is 9.67. The molecule has 4 heterocycles. The number of nitrogens with zero attached hydrogens (tertiary/aromatic N) is 2. The number of hydrogen-bond acceptors (Lipinski definition) is 4. The topological polar surface area (TPSA) is 54.3 Å². The lowest BCUT2D eigenvalue weighted by atomic mass is 10.1. The van der Waals surface area contributed by atoms with Crippen molar-refractivity contribution in [3.8, 4) is 0 Å². The molecule has 1 N–H and O–H groups in total. The van der Waals surface area contributed by atoms with Gasteiger partial charge in [-0.15, -0.1) is 22.7 Å². The molecule has 31 heavy (non-hydrogen) atoms. The maximum Gasteiger partial charge on any atom is 0.258 e. The maximum absolute atomic E-state index is 13.4. The van der Waals surface area contributed by atoms with Crippen molar-refractivity contribution in [2.75, 3.05) is 10.2 Å². The van der Waals surface area contributed by atoms with Crippen LogP contribution < -0.4 is 10.2 Å². The summed E-state index contributed by atoms with van der Waals surface area (Å²) in [7, 11) is 0. The van der Waals surface area contributed by atoms with Gasteiger partial charge in [0.25, 0.3) is 5.91 Å². The summed E-state index contributed by atoms with van der Waals surface area (Å²) in [5.41, 5.74) is 4.43. The number of thiophene rings is 2. The molecule has 5 nitrogen and oxygen atoms in total. The van der Waals surface area contributed by atoms with E-state index >= 15 is 0 Å². The molecule has 2 amide bonds. The third kappa shape index (κ3) is 3.94. The predicted octanol–water partition coefficient (Wildman–Crippen LogP) is 5.31. The molecule has 156 valence electrons. The van der Waals surface area contributed by atoms with Crippen LogP contribution in [0.25, 0.3) is 0 Å². The second kappa shape index (κ2) is 8.17. The SMILES string of the molecule is Cc1sccc1CC(=O)Nc1ccc(C(=O)N2Cc3cccn3Cc3sccc32)cc1. The van der Waals surface area contributed by atoms with Crippen molar-refractivity contribution >= 4 is 45.9 Å². The molecule has 0 saturated carbocycles. The van der Waals surface area contributed by atoms with Gasteiger partial charge in [-0.05, 0) is 71.8 Å². The summed E-state index contributed by atoms with van der Waals surface area (Å²) in [6.45, 7) is 3.34. The molecule has 7 heteroatoms. The van der Waals surface area contributed by atoms with Crippen molar-refractivity contribution in [2.24, 2.45) is 0 Å². The normalized spacial score (nSPS) is 12.7. The van der Waals surface area contributed by atoms with Crippen LogP contribution in [0.4, 0.5) is 11.4 Å². The van der Waals surface area contributed by atoms with Crippen molar-refractivity contribution in [1.82, 2.24) is 4.57 Å². The number of benzene rings is 1. The molecule has 1 aromatic carbocycles. The molecule has 0 unspecified atom stereocenters. The van der Waals surface area contributed by atoms with Gasteiger partial charge in [-0.1, -0.05) is 0 Å². The highest BCUT2D eigenvalue weighted by Gasteiger charge is 2.25. The van der Waals surface area contributed by atoms with Gasteiger partial charge in [0.05, 0.1) is 25.2 Å². The largest absolute Gasteiger partial charge is 0.344 e. The van der Waals surface area contributed by atoms with Gasteiger partial charge in [0, 0.05) is 32.9 Å². The highest BCUT2D eigenvalue weighted by molar-refractivity contribution is 7.10. The molecule has 1 aliphatic rings. The highest BCUT2D eigenvalue weighted by atomic mass is 32.1. The number of hydrogen-bond donors (Lipinski definition) is 1. The number of anilines is 2. The third-order valence-electron chi connectivity index (χ3n) is 5.55. The standard InChI is InChI=1S/C24H21N3O2S2/c1-16-18(8-11-30-16)13-23(28)25-19-6-4-17(5-7-19)24(29)27-14-20-3-2-10-26(20)15-22-21(27)9-12-31-22/h2-12H,13-15H2,1H3,(H,25,28). The number of rotatable bonds is 4. The maximum atomic E-state index is 13.4. The molecule has 5 rings (SSSR count). The third-order valence-corrected chi connectivity index (χ3v) is 7.33. The van der Waals surface area contributed by atoms with E-state index in [-0.39, 0.29) is 11.8 Å². The lowest BCUT2D eigenvalue weighted by molar-refractivity contribution is -0.115. The smallest absolute Gasteiger partial charge is 0.258 e. The summed E-state index contributed by atoms with van der Waals surface area (Å²) in [5, 5.41) is 6.96. The number of aryl methyl sites for hydroxylation is 1. The lowest BCUT2D eigenvalue weighted by Gasteiger charge is -2.21. The summed E-state index contributed by atoms with van der Waals surface area (Å²) in [6.07, 6.45) is 2.41. The fourth-order valence-electron chi connectivity index (χ4n) is 3.85. The molecular formula is C24H21N3O2S2. The Hall–Kier alpha value is -3.16. The monoisotopic (exact) mass is 447 g/mol. The quantitative estimate of drug-likeness (QED) is 0.461. The van der Waals surface area contributed by atoms with Crippen molar-refractivity contribution < 1.29 is 9.59 Å². The van der Waals surface area contributed by atoms with Crippen LogP contribution in [0, 0.1) is 6.92 Å². The van der Waals surface area contributed by atoms with Crippen molar-refractivity contribution in [2.45, 2.75) is 26.4 Å². The van der Waals surface area contributed by atoms with Crippen LogP contribution in [0.2, 0.25) is 0 Å². The Morgan fingerprint density at radius 1 is 1.00 bits per heavy atom. The Kier molecular flexibility index (Phi) is 5.21. The van der Waals surface area contributed by atoms with Crippen LogP contribution in [0.1, 0.15) is 31.4 Å². The Balaban J connectivity index is 1.32. The van der Waals surface area contributed by atoms with Crippen molar-refractivity contribution in [3.63, 3.8) is 0 Å². The van der Waals surface area contributed by atoms with E-state index in [2.05, 4.69) is 22.1 Å². The van der Waals surface area contributed by atoms with Crippen LogP contribution in [0.15, 0.2) is 65.5 Å². The first kappa shape index (κ1) is 19.8. The molecule has 1 aliphatic heterocycles. The Labute approximate surface area is 188 Å². The van der Waals surface area contributed by atoms with Crippen molar-refractivity contribution in [1.29, 1.82) is 0 Å². The van der Waals surface area contributed by atoms with Crippen LogP contribution in [-0.2, 0) is 24.3 Å². The zero-order valence-electron chi connectivity index (χ0n) is 17.0. The number of carbonyl (C=O) groups is 2. The molecule has 0 fully saturated rings. The highest BCUT2D eigenvalue weighted by Crippen LogP contribution is 2.33. The summed E-state index contributed by atoms with van der Waals surface area (Å²) in [4.78, 5) is 29.9. The Morgan fingerprint density at radius 3 is 2.58 bits per heavy atom. The van der Waals surface area contributed by atoms with E-state index in [0.29, 0.717) is 24.2 Å². The van der Waals surface area contributed by atoms with E-state index in [1.807, 2.05) is 40.8 Å². The summed E-state index contributed by atoms with van der Waals surface area (Å²) in [6, 6.07) is 15.2. The van der Waals surface area contributed by atoms with Gasteiger partial charge in [0.2, 0.25) is 5.91 Å². The van der Waals surface area contributed by atoms with Crippen LogP contribution in [0.5, 0.6) is 0 Å². The predicted molar refractivity (Wildman–Crippen MR) is 126 cm³/mol. The molecular weight excluding hydrogens is 426 g/mol. The minimum absolute atomic E-state index is 0.0407. The average molecular weight is 448 g/mol. The zero-order valence-corrected chi connectivity index (χ0v) is 18.6. The summed E-state index contributed by atoms with van der Waals surface area (Å²) < 4.78 is 2.19. The van der Waals surface area contributed by atoms with Gasteiger partial charge >= 0.3 is 0 Å². The Bertz CT molecular complexity index is 1250. The second-order valence-electron chi connectivity index (χ2n) is 7.55. The average Bonchev–Trinajstić information content (AvgIpc) is 3.48. The molecule has 0 bridgehead atoms. The first-order valence-corrected chi connectivity index (χ1v) is 11.8. The zero-order chi connectivity index (χ0) is 21.4. The van der Waals surface area contributed by atoms with E-state index in [9.17, 15) is 9.59 Å². The number of amides is 2. The van der Waals surface area contributed by atoms with Gasteiger partial charge in [-0.2, -0.15) is 0 Å². The number of carbonyl (C=O) groups excluding carboxylic acids is 2. The van der Waals surface area contributed by atoms with Crippen LogP contribution >= 0.6 is 22.7 Å². The van der Waals surface area contributed by atoms with Crippen molar-refractivity contribution in [3.05, 3.63) is 92.1 Å². The van der Waals surface area contributed by atoms with Gasteiger partial charge < -0.3 is 14.8 Å². The van der Waals surface area contributed by atoms with E-state index in [4.69, 9.17) is 0 Å². The fourth-order valence-corrected chi connectivity index (χ4v) is 5.45. The first-order valence-electron chi connectivity index (χ1n) is 10.0. The fraction of sp³-hybridized carbons (Fsp3) is 0.167. The first-order chi connectivity index (χ1) is 15.1. The molecule has 4 aromatic rings. The Morgan fingerprint density at radius 2 is 1.81 bits per heavy atom. The van der Waals surface area contributed by atoms with Gasteiger partial charge in [-0.3, -0.25) is 9.59 Å². The molecule has 0 saturated heterocycles. The molecule has 0 atom stereocenters. The molecule has 3 aromatic heterocycles. The minimum atomic E-state index is -0.0585. The lowest BCUT2D eigenvalue weighted by Crippen LogP contribution is -2.30. The minimum Gasteiger partial charge on any atom is -0.344 e. The number of nitrogens with one attached hydrogen (secondary N) is 1. The van der Waals surface area contributed by atoms with Gasteiger partial charge in [0.1, 0.15) is 0 Å². The van der Waals surface area contributed by atoms with E-state index in [0.717, 1.165) is 28.4 Å².